The van der Waals surface area contributed by atoms with E-state index in [9.17, 15) is 9.59 Å². The average molecular weight is 910 g/mol. The van der Waals surface area contributed by atoms with Gasteiger partial charge in [0.15, 0.2) is 0 Å². The van der Waals surface area contributed by atoms with Crippen molar-refractivity contribution in [2.75, 3.05) is 26.2 Å². The monoisotopic (exact) mass is 908 g/mol. The van der Waals surface area contributed by atoms with Crippen molar-refractivity contribution < 1.29 is 28.4 Å². The van der Waals surface area contributed by atoms with Crippen LogP contribution in [0, 0.1) is 13.8 Å². The van der Waals surface area contributed by atoms with Gasteiger partial charge >= 0.3 is 7.12 Å². The van der Waals surface area contributed by atoms with E-state index in [1.807, 2.05) is 49.6 Å². The predicted octanol–water partition coefficient (Wildman–Crippen LogP) is 8.32. The number of aryl methyl sites for hydroxylation is 4. The van der Waals surface area contributed by atoms with Crippen molar-refractivity contribution in [3.05, 3.63) is 98.9 Å². The first-order valence-electron chi connectivity index (χ1n) is 21.2. The maximum Gasteiger partial charge on any atom is 0.494 e. The molecule has 62 heavy (non-hydrogen) atoms. The molecule has 16 heteroatoms. The fourth-order valence-electron chi connectivity index (χ4n) is 7.10. The molecular formula is C46H60BCl3N6O6. The highest BCUT2D eigenvalue weighted by Gasteiger charge is 2.51. The van der Waals surface area contributed by atoms with Crippen molar-refractivity contribution in [1.82, 2.24) is 29.7 Å². The molecule has 0 unspecified atom stereocenters. The fourth-order valence-corrected chi connectivity index (χ4v) is 7.57. The summed E-state index contributed by atoms with van der Waals surface area (Å²) in [5, 5.41) is 0.784. The van der Waals surface area contributed by atoms with E-state index >= 15 is 0 Å². The Bertz CT molecular complexity index is 2110. The van der Waals surface area contributed by atoms with E-state index in [1.165, 1.54) is 22.9 Å². The minimum absolute atomic E-state index is 0.178. The van der Waals surface area contributed by atoms with Crippen LogP contribution < -0.4 is 5.46 Å². The number of amides is 2. The van der Waals surface area contributed by atoms with E-state index in [4.69, 9.17) is 53.6 Å². The molecular weight excluding hydrogens is 850 g/mol. The summed E-state index contributed by atoms with van der Waals surface area (Å²) < 4.78 is 23.7. The first-order valence-corrected chi connectivity index (χ1v) is 22.4. The lowest BCUT2D eigenvalue weighted by molar-refractivity contribution is -0.148. The number of likely N-dealkylation sites (tertiary alicyclic amines) is 2. The number of aromatic nitrogens is 4. The van der Waals surface area contributed by atoms with Crippen LogP contribution in [0.4, 0.5) is 0 Å². The fraction of sp³-hybridized carbons (Fsp3) is 0.522. The Balaban J connectivity index is 0.000000199. The van der Waals surface area contributed by atoms with Crippen LogP contribution in [0.3, 0.4) is 0 Å². The smallest absolute Gasteiger partial charge is 0.399 e. The average Bonchev–Trinajstić information content (AvgIpc) is 3.38. The number of nitrogens with zero attached hydrogens (tertiary/aromatic N) is 6. The van der Waals surface area contributed by atoms with Gasteiger partial charge in [-0.2, -0.15) is 0 Å². The molecule has 0 aliphatic carbocycles. The first-order chi connectivity index (χ1) is 29.2. The number of rotatable bonds is 12. The van der Waals surface area contributed by atoms with Crippen molar-refractivity contribution in [3.8, 4) is 11.3 Å². The molecule has 7 rings (SSSR count). The topological polar surface area (TPSA) is 129 Å². The molecule has 0 saturated carbocycles. The van der Waals surface area contributed by atoms with Crippen molar-refractivity contribution in [1.29, 1.82) is 0 Å². The Kier molecular flexibility index (Phi) is 17.3. The van der Waals surface area contributed by atoms with Crippen LogP contribution in [0.1, 0.15) is 90.5 Å². The summed E-state index contributed by atoms with van der Waals surface area (Å²) in [6.07, 6.45) is 6.51. The van der Waals surface area contributed by atoms with Gasteiger partial charge < -0.3 is 28.6 Å². The maximum absolute atomic E-state index is 12.4. The SMILES string of the molecule is Cc1cc(-c2ccnc(Cl)n2)ccc1CCC(=O)N1CC(OC(C)C)C1.Cc1cc(B2OC(C)(C)C(C)(C)O2)ccc1CCC(=O)N1CC(OC(C)C)C1.Clc1ccnc(Cl)n1. The molecule has 3 fully saturated rings. The zero-order chi connectivity index (χ0) is 45.4. The van der Waals surface area contributed by atoms with Crippen LogP contribution in [0.25, 0.3) is 11.3 Å². The molecule has 334 valence electrons. The van der Waals surface area contributed by atoms with Crippen LogP contribution in [0.2, 0.25) is 15.7 Å². The summed E-state index contributed by atoms with van der Waals surface area (Å²) >= 11 is 16.6. The molecule has 2 amide bonds. The number of ether oxygens (including phenoxy) is 2. The summed E-state index contributed by atoms with van der Waals surface area (Å²) in [4.78, 5) is 43.8. The quantitative estimate of drug-likeness (QED) is 0.0778. The van der Waals surface area contributed by atoms with Gasteiger partial charge in [0.25, 0.3) is 0 Å². The number of halogens is 3. The first kappa shape index (κ1) is 49.3. The molecule has 3 aliphatic heterocycles. The summed E-state index contributed by atoms with van der Waals surface area (Å²) in [5.74, 6) is 0.401. The molecule has 0 radical (unpaired) electrons. The van der Waals surface area contributed by atoms with Gasteiger partial charge in [-0.3, -0.25) is 9.59 Å². The lowest BCUT2D eigenvalue weighted by Gasteiger charge is -2.40. The third-order valence-electron chi connectivity index (χ3n) is 11.3. The molecule has 5 heterocycles. The Morgan fingerprint density at radius 3 is 1.60 bits per heavy atom. The van der Waals surface area contributed by atoms with Crippen molar-refractivity contribution >= 4 is 59.2 Å². The van der Waals surface area contributed by atoms with Crippen LogP contribution in [0.5, 0.6) is 0 Å². The number of hydrogen-bond acceptors (Lipinski definition) is 10. The van der Waals surface area contributed by atoms with Gasteiger partial charge in [0.1, 0.15) is 5.15 Å². The second kappa shape index (κ2) is 21.8. The number of hydrogen-bond donors (Lipinski definition) is 0. The van der Waals surface area contributed by atoms with Crippen LogP contribution in [0.15, 0.2) is 60.9 Å². The van der Waals surface area contributed by atoms with E-state index in [2.05, 4.69) is 91.8 Å². The Morgan fingerprint density at radius 2 is 1.18 bits per heavy atom. The van der Waals surface area contributed by atoms with Crippen LogP contribution >= 0.6 is 34.8 Å². The Labute approximate surface area is 382 Å². The van der Waals surface area contributed by atoms with Gasteiger partial charge in [0.05, 0.1) is 41.3 Å². The molecule has 2 aromatic heterocycles. The molecule has 0 atom stereocenters. The Morgan fingerprint density at radius 1 is 0.710 bits per heavy atom. The van der Waals surface area contributed by atoms with Gasteiger partial charge in [0, 0.05) is 57.0 Å². The van der Waals surface area contributed by atoms with Gasteiger partial charge in [-0.25, -0.2) is 19.9 Å². The van der Waals surface area contributed by atoms with Crippen LogP contribution in [-0.2, 0) is 41.2 Å². The third-order valence-corrected chi connectivity index (χ3v) is 11.9. The maximum atomic E-state index is 12.4. The largest absolute Gasteiger partial charge is 0.494 e. The standard InChI is InChI=1S/C22H34BNO4.C20H24ClN3O2.C4H2Cl2N2/c1-15(2)26-19-13-24(14-19)20(25)11-9-17-8-10-18(12-16(17)3)23-27-21(4,5)22(6,7)28-23;1-13(2)26-17-11-24(12-17)19(25)7-6-15-4-5-16(10-14(15)3)18-8-9-22-20(21)23-18;5-3-1-2-7-4(6)8-3/h8,10,12,15,19H,9,11,13-14H2,1-7H3;4-5,8-10,13,17H,6-7,11-12H2,1-3H3;1-2H. The van der Waals surface area contributed by atoms with E-state index in [0.717, 1.165) is 48.2 Å². The second-order valence-corrected chi connectivity index (χ2v) is 18.5. The summed E-state index contributed by atoms with van der Waals surface area (Å²) in [7, 11) is -0.349. The highest BCUT2D eigenvalue weighted by Crippen LogP contribution is 2.36. The van der Waals surface area contributed by atoms with E-state index in [0.29, 0.717) is 31.1 Å². The van der Waals surface area contributed by atoms with Crippen LogP contribution in [-0.4, -0.2) is 110 Å². The molecule has 12 nitrogen and oxygen atoms in total. The molecule has 0 bridgehead atoms. The van der Waals surface area contributed by atoms with E-state index in [1.54, 1.807) is 12.3 Å². The summed E-state index contributed by atoms with van der Waals surface area (Å²) in [5.41, 5.74) is 6.84. The highest BCUT2D eigenvalue weighted by atomic mass is 35.5. The summed E-state index contributed by atoms with van der Waals surface area (Å²) in [6, 6.07) is 15.8. The molecule has 0 N–H and O–H groups in total. The number of carbonyl (C=O) groups is 2. The van der Waals surface area contributed by atoms with E-state index in [-0.39, 0.29) is 65.1 Å². The minimum Gasteiger partial charge on any atom is -0.399 e. The van der Waals surface area contributed by atoms with Gasteiger partial charge in [0.2, 0.25) is 22.4 Å². The van der Waals surface area contributed by atoms with Gasteiger partial charge in [-0.15, -0.1) is 0 Å². The number of carbonyl (C=O) groups excluding carboxylic acids is 2. The summed E-state index contributed by atoms with van der Waals surface area (Å²) in [6.45, 7) is 23.4. The lowest BCUT2D eigenvalue weighted by atomic mass is 9.77. The minimum atomic E-state index is -0.349. The zero-order valence-corrected chi connectivity index (χ0v) is 39.9. The van der Waals surface area contributed by atoms with Crippen molar-refractivity contribution in [2.45, 2.75) is 131 Å². The number of benzene rings is 2. The molecule has 0 spiro atoms. The van der Waals surface area contributed by atoms with Crippen molar-refractivity contribution in [3.63, 3.8) is 0 Å². The van der Waals surface area contributed by atoms with Gasteiger partial charge in [-0.05, 0) is 151 Å². The second-order valence-electron chi connectivity index (χ2n) is 17.5. The Hall–Kier alpha value is -3.69. The molecule has 3 aliphatic rings. The van der Waals surface area contributed by atoms with Gasteiger partial charge in [-0.1, -0.05) is 41.9 Å². The van der Waals surface area contributed by atoms with Crippen molar-refractivity contribution in [2.24, 2.45) is 0 Å². The molecule has 3 saturated heterocycles. The molecule has 4 aromatic rings. The lowest BCUT2D eigenvalue weighted by Crippen LogP contribution is -2.55. The normalized spacial score (nSPS) is 16.9. The predicted molar refractivity (Wildman–Crippen MR) is 246 cm³/mol. The third kappa shape index (κ3) is 13.9. The zero-order valence-electron chi connectivity index (χ0n) is 37.6. The van der Waals surface area contributed by atoms with E-state index < -0.39 is 0 Å². The molecule has 2 aromatic carbocycles. The highest BCUT2D eigenvalue weighted by molar-refractivity contribution is 6.62.